The second kappa shape index (κ2) is 8.09. The molecule has 1 atom stereocenters. The molecule has 1 N–H and O–H groups in total. The Hall–Kier alpha value is -3.06. The van der Waals surface area contributed by atoms with E-state index in [1.807, 2.05) is 12.1 Å². The minimum absolute atomic E-state index is 0.0942. The topological polar surface area (TPSA) is 90.7 Å². The second-order valence-corrected chi connectivity index (χ2v) is 6.18. The van der Waals surface area contributed by atoms with Crippen molar-refractivity contribution in [3.05, 3.63) is 53.2 Å². The first-order valence-electron chi connectivity index (χ1n) is 8.15. The van der Waals surface area contributed by atoms with Gasteiger partial charge in [0.05, 0.1) is 18.6 Å². The third kappa shape index (κ3) is 4.38. The number of amides is 1. The maximum atomic E-state index is 12.2. The first kappa shape index (κ1) is 18.7. The molecule has 1 amide bonds. The van der Waals surface area contributed by atoms with E-state index < -0.39 is 18.0 Å². The normalized spacial score (nSPS) is 11.8. The zero-order valence-corrected chi connectivity index (χ0v) is 15.4. The number of nitrogens with zero attached hydrogens (tertiary/aromatic N) is 1. The Kier molecular flexibility index (Phi) is 5.61. The summed E-state index contributed by atoms with van der Waals surface area (Å²) in [5.74, 6) is -0.562. The third-order valence-electron chi connectivity index (χ3n) is 3.86. The molecule has 0 aliphatic heterocycles. The van der Waals surface area contributed by atoms with Gasteiger partial charge in [-0.25, -0.2) is 0 Å². The van der Waals surface area contributed by atoms with E-state index in [-0.39, 0.29) is 6.42 Å². The average molecular weight is 389 g/mol. The second-order valence-electron chi connectivity index (χ2n) is 5.77. The van der Waals surface area contributed by atoms with Crippen LogP contribution in [0.1, 0.15) is 12.6 Å². The molecule has 0 unspecified atom stereocenters. The summed E-state index contributed by atoms with van der Waals surface area (Å²) in [6.07, 6.45) is -1.08. The number of rotatable bonds is 6. The molecule has 0 saturated heterocycles. The Morgan fingerprint density at radius 1 is 1.26 bits per heavy atom. The smallest absolute Gasteiger partial charge is 0.312 e. The fourth-order valence-corrected chi connectivity index (χ4v) is 2.74. The van der Waals surface area contributed by atoms with Gasteiger partial charge in [0.15, 0.2) is 11.7 Å². The quantitative estimate of drug-likeness (QED) is 0.649. The van der Waals surface area contributed by atoms with Crippen molar-refractivity contribution in [1.82, 2.24) is 5.16 Å². The van der Waals surface area contributed by atoms with Crippen LogP contribution in [0, 0.1) is 0 Å². The number of para-hydroxylation sites is 1. The van der Waals surface area contributed by atoms with E-state index in [2.05, 4.69) is 10.5 Å². The maximum Gasteiger partial charge on any atom is 0.312 e. The van der Waals surface area contributed by atoms with Crippen molar-refractivity contribution in [2.45, 2.75) is 19.4 Å². The number of hydrogen-bond acceptors (Lipinski definition) is 6. The fraction of sp³-hybridized carbons (Fsp3) is 0.211. The van der Waals surface area contributed by atoms with Crippen molar-refractivity contribution in [2.75, 3.05) is 12.4 Å². The van der Waals surface area contributed by atoms with Crippen LogP contribution in [0.25, 0.3) is 11.0 Å². The molecule has 0 saturated carbocycles. The number of fused-ring (bicyclic) bond motifs is 1. The summed E-state index contributed by atoms with van der Waals surface area (Å²) in [7, 11) is 1.50. The number of esters is 1. The zero-order valence-electron chi connectivity index (χ0n) is 14.7. The number of carbonyl (C=O) groups excluding carboxylic acids is 2. The number of ether oxygens (including phenoxy) is 2. The van der Waals surface area contributed by atoms with Gasteiger partial charge in [-0.1, -0.05) is 28.9 Å². The zero-order chi connectivity index (χ0) is 19.4. The molecule has 8 heteroatoms. The van der Waals surface area contributed by atoms with E-state index in [0.29, 0.717) is 27.7 Å². The molecule has 0 spiro atoms. The summed E-state index contributed by atoms with van der Waals surface area (Å²) in [6.45, 7) is 1.49. The van der Waals surface area contributed by atoms with Gasteiger partial charge in [0.2, 0.25) is 0 Å². The number of carbonyl (C=O) groups is 2. The summed E-state index contributed by atoms with van der Waals surface area (Å²) in [6, 6.07) is 12.0. The molecule has 0 bridgehead atoms. The highest BCUT2D eigenvalue weighted by Crippen LogP contribution is 2.27. The predicted molar refractivity (Wildman–Crippen MR) is 99.9 cm³/mol. The Morgan fingerprint density at radius 3 is 2.78 bits per heavy atom. The first-order chi connectivity index (χ1) is 13.0. The highest BCUT2D eigenvalue weighted by molar-refractivity contribution is 6.32. The van der Waals surface area contributed by atoms with Crippen LogP contribution < -0.4 is 10.1 Å². The van der Waals surface area contributed by atoms with Crippen LogP contribution in [-0.4, -0.2) is 30.2 Å². The van der Waals surface area contributed by atoms with Crippen molar-refractivity contribution in [1.29, 1.82) is 0 Å². The van der Waals surface area contributed by atoms with Crippen molar-refractivity contribution in [3.8, 4) is 5.75 Å². The lowest BCUT2D eigenvalue weighted by Crippen LogP contribution is -2.30. The van der Waals surface area contributed by atoms with Gasteiger partial charge in [-0.05, 0) is 37.3 Å². The lowest BCUT2D eigenvalue weighted by atomic mass is 10.2. The standard InChI is InChI=1S/C19H17ClN2O5/c1-11(19(24)21-12-7-8-17(25-2)14(20)9-12)26-18(23)10-15-13-5-3-4-6-16(13)27-22-15/h3-9,11H,10H2,1-2H3,(H,21,24)/t11-/m0/s1. The van der Waals surface area contributed by atoms with E-state index in [1.54, 1.807) is 30.3 Å². The third-order valence-corrected chi connectivity index (χ3v) is 4.16. The van der Waals surface area contributed by atoms with Gasteiger partial charge in [0, 0.05) is 11.1 Å². The van der Waals surface area contributed by atoms with Crippen LogP contribution in [0.15, 0.2) is 47.0 Å². The molecule has 27 heavy (non-hydrogen) atoms. The lowest BCUT2D eigenvalue weighted by Gasteiger charge is -2.14. The minimum atomic E-state index is -0.989. The number of hydrogen-bond donors (Lipinski definition) is 1. The lowest BCUT2D eigenvalue weighted by molar-refractivity contribution is -0.152. The van der Waals surface area contributed by atoms with Crippen molar-refractivity contribution in [3.63, 3.8) is 0 Å². The number of benzene rings is 2. The molecule has 0 aliphatic carbocycles. The Balaban J connectivity index is 1.59. The van der Waals surface area contributed by atoms with Crippen molar-refractivity contribution in [2.24, 2.45) is 0 Å². The van der Waals surface area contributed by atoms with E-state index in [9.17, 15) is 9.59 Å². The predicted octanol–water partition coefficient (Wildman–Crippen LogP) is 3.60. The monoisotopic (exact) mass is 388 g/mol. The molecular formula is C19H17ClN2O5. The van der Waals surface area contributed by atoms with Gasteiger partial charge in [0.25, 0.3) is 5.91 Å². The molecule has 1 aromatic heterocycles. The van der Waals surface area contributed by atoms with Gasteiger partial charge in [-0.3, -0.25) is 9.59 Å². The van der Waals surface area contributed by atoms with Crippen LogP contribution in [0.4, 0.5) is 5.69 Å². The number of aromatic nitrogens is 1. The van der Waals surface area contributed by atoms with E-state index in [0.717, 1.165) is 5.39 Å². The molecule has 0 radical (unpaired) electrons. The van der Waals surface area contributed by atoms with Crippen molar-refractivity contribution < 1.29 is 23.6 Å². The maximum absolute atomic E-state index is 12.2. The molecule has 0 aliphatic rings. The fourth-order valence-electron chi connectivity index (χ4n) is 2.48. The van der Waals surface area contributed by atoms with E-state index >= 15 is 0 Å². The molecule has 1 heterocycles. The highest BCUT2D eigenvalue weighted by atomic mass is 35.5. The van der Waals surface area contributed by atoms with Crippen molar-refractivity contribution >= 4 is 40.1 Å². The van der Waals surface area contributed by atoms with Crippen LogP contribution in [0.5, 0.6) is 5.75 Å². The van der Waals surface area contributed by atoms with Crippen LogP contribution in [0.3, 0.4) is 0 Å². The number of nitrogens with one attached hydrogen (secondary N) is 1. The van der Waals surface area contributed by atoms with Gasteiger partial charge in [-0.2, -0.15) is 0 Å². The van der Waals surface area contributed by atoms with E-state index in [1.165, 1.54) is 14.0 Å². The largest absolute Gasteiger partial charge is 0.495 e. The summed E-state index contributed by atoms with van der Waals surface area (Å²) in [4.78, 5) is 24.4. The minimum Gasteiger partial charge on any atom is -0.495 e. The van der Waals surface area contributed by atoms with Crippen LogP contribution >= 0.6 is 11.6 Å². The summed E-state index contributed by atoms with van der Waals surface area (Å²) >= 11 is 6.03. The molecule has 2 aromatic carbocycles. The first-order valence-corrected chi connectivity index (χ1v) is 8.53. The van der Waals surface area contributed by atoms with Gasteiger partial charge >= 0.3 is 5.97 Å². The molecule has 3 rings (SSSR count). The summed E-state index contributed by atoms with van der Waals surface area (Å²) in [5, 5.41) is 7.61. The van der Waals surface area contributed by atoms with E-state index in [4.69, 9.17) is 25.6 Å². The van der Waals surface area contributed by atoms with Gasteiger partial charge in [0.1, 0.15) is 11.4 Å². The highest BCUT2D eigenvalue weighted by Gasteiger charge is 2.20. The summed E-state index contributed by atoms with van der Waals surface area (Å²) in [5.41, 5.74) is 1.52. The SMILES string of the molecule is COc1ccc(NC(=O)[C@H](C)OC(=O)Cc2noc3ccccc23)cc1Cl. The van der Waals surface area contributed by atoms with Crippen LogP contribution in [0.2, 0.25) is 5.02 Å². The summed E-state index contributed by atoms with van der Waals surface area (Å²) < 4.78 is 15.4. The number of methoxy groups -OCH3 is 1. The Morgan fingerprint density at radius 2 is 2.04 bits per heavy atom. The molecule has 7 nitrogen and oxygen atoms in total. The Labute approximate surface area is 160 Å². The number of halogens is 1. The average Bonchev–Trinajstić information content (AvgIpc) is 3.04. The molecular weight excluding hydrogens is 372 g/mol. The van der Waals surface area contributed by atoms with Gasteiger partial charge in [-0.15, -0.1) is 0 Å². The van der Waals surface area contributed by atoms with Crippen LogP contribution in [-0.2, 0) is 20.7 Å². The Bertz CT molecular complexity index is 985. The van der Waals surface area contributed by atoms with Gasteiger partial charge < -0.3 is 19.3 Å². The number of anilines is 1. The molecule has 3 aromatic rings. The molecule has 0 fully saturated rings. The molecule has 140 valence electrons.